The molecule has 1 aliphatic heterocycles. The van der Waals surface area contributed by atoms with Crippen LogP contribution in [-0.2, 0) is 6.42 Å². The van der Waals surface area contributed by atoms with Crippen molar-refractivity contribution in [2.75, 3.05) is 31.1 Å². The number of rotatable bonds is 4. The molecule has 1 aromatic rings. The van der Waals surface area contributed by atoms with E-state index in [1.54, 1.807) is 0 Å². The van der Waals surface area contributed by atoms with Gasteiger partial charge in [0, 0.05) is 44.0 Å². The van der Waals surface area contributed by atoms with Crippen LogP contribution in [-0.4, -0.2) is 43.2 Å². The second kappa shape index (κ2) is 6.80. The molecule has 0 aromatic heterocycles. The van der Waals surface area contributed by atoms with Crippen molar-refractivity contribution >= 4 is 5.69 Å². The molecule has 0 spiro atoms. The molecule has 3 heteroatoms. The van der Waals surface area contributed by atoms with Gasteiger partial charge in [-0.05, 0) is 37.8 Å². The average Bonchev–Trinajstić information content (AvgIpc) is 3.02. The highest BCUT2D eigenvalue weighted by molar-refractivity contribution is 5.54. The summed E-state index contributed by atoms with van der Waals surface area (Å²) in [7, 11) is 0. The van der Waals surface area contributed by atoms with Crippen LogP contribution in [0.3, 0.4) is 0 Å². The molecule has 0 bridgehead atoms. The second-order valence-corrected chi connectivity index (χ2v) is 6.77. The monoisotopic (exact) mass is 287 g/mol. The predicted molar refractivity (Wildman–Crippen MR) is 89.8 cm³/mol. The number of nitrogens with two attached hydrogens (primary N) is 1. The number of benzene rings is 1. The Morgan fingerprint density at radius 2 is 1.76 bits per heavy atom. The molecule has 0 amide bonds. The number of piperazine rings is 1. The van der Waals surface area contributed by atoms with E-state index in [2.05, 4.69) is 41.0 Å². The molecule has 1 unspecified atom stereocenters. The van der Waals surface area contributed by atoms with Crippen LogP contribution in [0.2, 0.25) is 0 Å². The third-order valence-electron chi connectivity index (χ3n) is 5.03. The minimum atomic E-state index is 0.228. The van der Waals surface area contributed by atoms with E-state index in [4.69, 9.17) is 5.73 Å². The Bertz CT molecular complexity index is 444. The molecular formula is C18H29N3. The van der Waals surface area contributed by atoms with Crippen molar-refractivity contribution in [3.63, 3.8) is 0 Å². The Hall–Kier alpha value is -1.06. The third kappa shape index (κ3) is 3.58. The summed E-state index contributed by atoms with van der Waals surface area (Å²) >= 11 is 0. The third-order valence-corrected chi connectivity index (χ3v) is 5.03. The maximum Gasteiger partial charge on any atom is 0.0400 e. The maximum atomic E-state index is 6.00. The van der Waals surface area contributed by atoms with E-state index >= 15 is 0 Å². The van der Waals surface area contributed by atoms with Crippen LogP contribution in [0.1, 0.15) is 38.2 Å². The van der Waals surface area contributed by atoms with E-state index < -0.39 is 0 Å². The van der Waals surface area contributed by atoms with E-state index in [0.717, 1.165) is 25.6 Å². The maximum absolute atomic E-state index is 6.00. The molecule has 2 fully saturated rings. The van der Waals surface area contributed by atoms with Gasteiger partial charge in [-0.1, -0.05) is 31.0 Å². The molecule has 21 heavy (non-hydrogen) atoms. The molecular weight excluding hydrogens is 258 g/mol. The van der Waals surface area contributed by atoms with E-state index in [-0.39, 0.29) is 6.04 Å². The molecule has 1 saturated carbocycles. The first-order valence-corrected chi connectivity index (χ1v) is 8.56. The molecule has 1 aliphatic carbocycles. The summed E-state index contributed by atoms with van der Waals surface area (Å²) in [6.45, 7) is 6.85. The number of hydrogen-bond donors (Lipinski definition) is 1. The normalized spacial score (nSPS) is 22.7. The average molecular weight is 287 g/mol. The minimum absolute atomic E-state index is 0.228. The lowest BCUT2D eigenvalue weighted by molar-refractivity contribution is 0.187. The lowest BCUT2D eigenvalue weighted by Crippen LogP contribution is -2.50. The Balaban J connectivity index is 1.63. The van der Waals surface area contributed by atoms with Crippen LogP contribution in [0.15, 0.2) is 24.3 Å². The van der Waals surface area contributed by atoms with Gasteiger partial charge in [0.25, 0.3) is 0 Å². The summed E-state index contributed by atoms with van der Waals surface area (Å²) in [6.07, 6.45) is 6.67. The quantitative estimate of drug-likeness (QED) is 0.924. The van der Waals surface area contributed by atoms with Crippen molar-refractivity contribution in [2.24, 2.45) is 5.73 Å². The molecule has 116 valence electrons. The Morgan fingerprint density at radius 3 is 2.43 bits per heavy atom. The Kier molecular flexibility index (Phi) is 4.81. The first-order chi connectivity index (χ1) is 10.2. The smallest absolute Gasteiger partial charge is 0.0400 e. The Labute approximate surface area is 129 Å². The largest absolute Gasteiger partial charge is 0.369 e. The summed E-state index contributed by atoms with van der Waals surface area (Å²) in [5.41, 5.74) is 8.81. The highest BCUT2D eigenvalue weighted by Crippen LogP contribution is 2.27. The molecule has 1 atom stereocenters. The van der Waals surface area contributed by atoms with Crippen molar-refractivity contribution in [2.45, 2.75) is 51.1 Å². The van der Waals surface area contributed by atoms with Gasteiger partial charge in [-0.15, -0.1) is 0 Å². The SMILES string of the molecule is CC(N)Cc1ccccc1N1CCN(C2CCCC2)CC1. The van der Waals surface area contributed by atoms with Gasteiger partial charge in [-0.2, -0.15) is 0 Å². The fourth-order valence-corrected chi connectivity index (χ4v) is 3.94. The van der Waals surface area contributed by atoms with Crippen LogP contribution in [0, 0.1) is 0 Å². The zero-order chi connectivity index (χ0) is 14.7. The van der Waals surface area contributed by atoms with Crippen molar-refractivity contribution in [3.8, 4) is 0 Å². The van der Waals surface area contributed by atoms with Crippen molar-refractivity contribution in [1.82, 2.24) is 4.90 Å². The van der Waals surface area contributed by atoms with Crippen molar-refractivity contribution in [3.05, 3.63) is 29.8 Å². The molecule has 3 rings (SSSR count). The van der Waals surface area contributed by atoms with Gasteiger partial charge in [0.15, 0.2) is 0 Å². The first kappa shape index (κ1) is 14.9. The summed E-state index contributed by atoms with van der Waals surface area (Å²) in [5.74, 6) is 0. The topological polar surface area (TPSA) is 32.5 Å². The summed E-state index contributed by atoms with van der Waals surface area (Å²) in [5, 5.41) is 0. The second-order valence-electron chi connectivity index (χ2n) is 6.77. The van der Waals surface area contributed by atoms with E-state index in [1.165, 1.54) is 50.0 Å². The van der Waals surface area contributed by atoms with Crippen LogP contribution < -0.4 is 10.6 Å². The molecule has 1 heterocycles. The zero-order valence-corrected chi connectivity index (χ0v) is 13.3. The van der Waals surface area contributed by atoms with E-state index in [9.17, 15) is 0 Å². The Morgan fingerprint density at radius 1 is 1.10 bits per heavy atom. The molecule has 2 aliphatic rings. The van der Waals surface area contributed by atoms with Gasteiger partial charge in [0.05, 0.1) is 0 Å². The first-order valence-electron chi connectivity index (χ1n) is 8.56. The van der Waals surface area contributed by atoms with Gasteiger partial charge in [0.1, 0.15) is 0 Å². The lowest BCUT2D eigenvalue weighted by Gasteiger charge is -2.40. The van der Waals surface area contributed by atoms with Crippen LogP contribution >= 0.6 is 0 Å². The number of hydrogen-bond acceptors (Lipinski definition) is 3. The predicted octanol–water partition coefficient (Wildman–Crippen LogP) is 2.64. The zero-order valence-electron chi connectivity index (χ0n) is 13.3. The lowest BCUT2D eigenvalue weighted by atomic mass is 10.0. The summed E-state index contributed by atoms with van der Waals surface area (Å²) in [6, 6.07) is 9.89. The molecule has 3 nitrogen and oxygen atoms in total. The molecule has 1 saturated heterocycles. The number of para-hydroxylation sites is 1. The van der Waals surface area contributed by atoms with Gasteiger partial charge in [-0.25, -0.2) is 0 Å². The van der Waals surface area contributed by atoms with E-state index in [0.29, 0.717) is 0 Å². The summed E-state index contributed by atoms with van der Waals surface area (Å²) < 4.78 is 0. The van der Waals surface area contributed by atoms with Crippen molar-refractivity contribution in [1.29, 1.82) is 0 Å². The molecule has 1 aromatic carbocycles. The highest BCUT2D eigenvalue weighted by Gasteiger charge is 2.26. The van der Waals surface area contributed by atoms with Gasteiger partial charge >= 0.3 is 0 Å². The molecule has 0 radical (unpaired) electrons. The minimum Gasteiger partial charge on any atom is -0.369 e. The van der Waals surface area contributed by atoms with Gasteiger partial charge < -0.3 is 10.6 Å². The van der Waals surface area contributed by atoms with Gasteiger partial charge in [0.2, 0.25) is 0 Å². The standard InChI is InChI=1S/C18H29N3/c1-15(19)14-16-6-2-5-9-18(16)21-12-10-20(11-13-21)17-7-3-4-8-17/h2,5-6,9,15,17H,3-4,7-8,10-14,19H2,1H3. The fraction of sp³-hybridized carbons (Fsp3) is 0.667. The van der Waals surface area contributed by atoms with Crippen molar-refractivity contribution < 1.29 is 0 Å². The van der Waals surface area contributed by atoms with Gasteiger partial charge in [-0.3, -0.25) is 4.90 Å². The number of nitrogens with zero attached hydrogens (tertiary/aromatic N) is 2. The van der Waals surface area contributed by atoms with Crippen LogP contribution in [0.25, 0.3) is 0 Å². The highest BCUT2D eigenvalue weighted by atomic mass is 15.3. The van der Waals surface area contributed by atoms with Crippen LogP contribution in [0.4, 0.5) is 5.69 Å². The van der Waals surface area contributed by atoms with E-state index in [1.807, 2.05) is 0 Å². The number of anilines is 1. The fourth-order valence-electron chi connectivity index (χ4n) is 3.94. The van der Waals surface area contributed by atoms with Crippen LogP contribution in [0.5, 0.6) is 0 Å². The molecule has 2 N–H and O–H groups in total. The summed E-state index contributed by atoms with van der Waals surface area (Å²) in [4.78, 5) is 5.28.